The Labute approximate surface area is 185 Å². The van der Waals surface area contributed by atoms with Crippen LogP contribution in [0.15, 0.2) is 65.6 Å². The van der Waals surface area contributed by atoms with Gasteiger partial charge in [-0.2, -0.15) is 0 Å². The summed E-state index contributed by atoms with van der Waals surface area (Å²) in [5.41, 5.74) is 5.71. The van der Waals surface area contributed by atoms with Crippen molar-refractivity contribution in [2.75, 3.05) is 6.54 Å². The van der Waals surface area contributed by atoms with E-state index in [0.717, 1.165) is 54.1 Å². The Kier molecular flexibility index (Phi) is 5.77. The molecule has 1 aliphatic rings. The molecular weight excluding hydrogens is 440 g/mol. The van der Waals surface area contributed by atoms with Crippen LogP contribution in [0, 0.1) is 6.92 Å². The predicted octanol–water partition coefficient (Wildman–Crippen LogP) is 0.455. The first kappa shape index (κ1) is 20.4. The van der Waals surface area contributed by atoms with Crippen molar-refractivity contribution in [2.45, 2.75) is 32.6 Å². The van der Waals surface area contributed by atoms with Crippen molar-refractivity contribution in [3.63, 3.8) is 0 Å². The predicted molar refractivity (Wildman–Crippen MR) is 116 cm³/mol. The molecule has 3 heterocycles. The maximum atomic E-state index is 13.5. The number of fused-ring (bicyclic) bond motifs is 1. The fraction of sp³-hybridized carbons (Fsp3) is 0.250. The van der Waals surface area contributed by atoms with Crippen molar-refractivity contribution in [3.8, 4) is 16.9 Å². The van der Waals surface area contributed by atoms with Crippen LogP contribution in [0.2, 0.25) is 0 Å². The molecule has 5 rings (SSSR count). The zero-order valence-electron chi connectivity index (χ0n) is 16.9. The quantitative estimate of drug-likeness (QED) is 0.469. The van der Waals surface area contributed by atoms with Crippen LogP contribution in [0.1, 0.15) is 31.2 Å². The molecule has 0 bridgehead atoms. The minimum absolute atomic E-state index is 0. The van der Waals surface area contributed by atoms with E-state index in [2.05, 4.69) is 36.5 Å². The van der Waals surface area contributed by atoms with Crippen LogP contribution in [-0.4, -0.2) is 20.7 Å². The van der Waals surface area contributed by atoms with Gasteiger partial charge in [0, 0.05) is 17.8 Å². The van der Waals surface area contributed by atoms with E-state index >= 15 is 0 Å². The van der Waals surface area contributed by atoms with E-state index in [-0.39, 0.29) is 22.5 Å². The van der Waals surface area contributed by atoms with Gasteiger partial charge in [-0.3, -0.25) is 4.79 Å². The summed E-state index contributed by atoms with van der Waals surface area (Å²) in [6.45, 7) is 2.98. The monoisotopic (exact) mass is 463 g/mol. The van der Waals surface area contributed by atoms with Gasteiger partial charge in [0.25, 0.3) is 5.56 Å². The van der Waals surface area contributed by atoms with E-state index in [0.29, 0.717) is 5.22 Å². The third-order valence-electron chi connectivity index (χ3n) is 5.63. The van der Waals surface area contributed by atoms with Gasteiger partial charge in [0.05, 0.1) is 17.6 Å². The highest BCUT2D eigenvalue weighted by Crippen LogP contribution is 2.20. The molecule has 2 aromatic heterocycles. The van der Waals surface area contributed by atoms with E-state index in [9.17, 15) is 4.79 Å². The number of hydrogen-bond donors (Lipinski definition) is 1. The molecule has 2 aromatic carbocycles. The molecule has 1 aliphatic heterocycles. The van der Waals surface area contributed by atoms with Crippen LogP contribution >= 0.6 is 0 Å². The summed E-state index contributed by atoms with van der Waals surface area (Å²) in [6, 6.07) is 18.1. The van der Waals surface area contributed by atoms with Crippen LogP contribution in [0.3, 0.4) is 0 Å². The molecule has 4 aromatic rings. The summed E-state index contributed by atoms with van der Waals surface area (Å²) >= 11 is 0. The number of aromatic nitrogens is 3. The van der Waals surface area contributed by atoms with E-state index in [1.807, 2.05) is 41.0 Å². The summed E-state index contributed by atoms with van der Waals surface area (Å²) in [6.07, 6.45) is 6.27. The van der Waals surface area contributed by atoms with Crippen LogP contribution in [0.5, 0.6) is 0 Å². The second kappa shape index (κ2) is 8.48. The number of rotatable bonds is 2. The van der Waals surface area contributed by atoms with Crippen LogP contribution in [0.25, 0.3) is 28.3 Å². The Morgan fingerprint density at radius 2 is 1.73 bits per heavy atom. The summed E-state index contributed by atoms with van der Waals surface area (Å²) in [4.78, 5) is 18.4. The smallest absolute Gasteiger partial charge is 0.283 e. The van der Waals surface area contributed by atoms with Gasteiger partial charge < -0.3 is 22.3 Å². The second-order valence-corrected chi connectivity index (χ2v) is 7.70. The van der Waals surface area contributed by atoms with Crippen LogP contribution < -0.4 is 33.1 Å². The Morgan fingerprint density at radius 3 is 2.50 bits per heavy atom. The van der Waals surface area contributed by atoms with E-state index < -0.39 is 0 Å². The number of imidazole rings is 1. The van der Waals surface area contributed by atoms with Gasteiger partial charge >= 0.3 is 0 Å². The first-order chi connectivity index (χ1) is 14.2. The fourth-order valence-corrected chi connectivity index (χ4v) is 4.08. The Morgan fingerprint density at radius 1 is 0.967 bits per heavy atom. The molecule has 30 heavy (non-hydrogen) atoms. The van der Waals surface area contributed by atoms with E-state index in [1.54, 1.807) is 4.68 Å². The van der Waals surface area contributed by atoms with Crippen LogP contribution in [0.4, 0.5) is 0 Å². The van der Waals surface area contributed by atoms with Crippen molar-refractivity contribution >= 4 is 11.3 Å². The minimum Gasteiger partial charge on any atom is -1.00 e. The lowest BCUT2D eigenvalue weighted by molar-refractivity contribution is -0.00000606. The number of para-hydroxylation sites is 1. The van der Waals surface area contributed by atoms with Gasteiger partial charge in [0.1, 0.15) is 5.22 Å². The molecule has 0 spiro atoms. The lowest BCUT2D eigenvalue weighted by Crippen LogP contribution is -3.00. The highest BCUT2D eigenvalue weighted by molar-refractivity contribution is 5.65. The summed E-state index contributed by atoms with van der Waals surface area (Å²) in [7, 11) is 0. The maximum Gasteiger partial charge on any atom is 0.283 e. The third kappa shape index (κ3) is 3.56. The molecule has 6 heteroatoms. The summed E-state index contributed by atoms with van der Waals surface area (Å²) < 4.78 is 3.64. The van der Waals surface area contributed by atoms with Crippen molar-refractivity contribution in [3.05, 3.63) is 81.9 Å². The molecule has 5 nitrogen and oxygen atoms in total. The second-order valence-electron chi connectivity index (χ2n) is 7.70. The lowest BCUT2D eigenvalue weighted by atomic mass is 10.1. The highest BCUT2D eigenvalue weighted by Gasteiger charge is 2.19. The number of nitrogens with zero attached hydrogens (tertiary/aromatic N) is 3. The van der Waals surface area contributed by atoms with Crippen molar-refractivity contribution in [1.29, 1.82) is 0 Å². The van der Waals surface area contributed by atoms with E-state index in [4.69, 9.17) is 4.98 Å². The minimum atomic E-state index is -0.0152. The Hall–Kier alpha value is -2.86. The number of halogens is 1. The summed E-state index contributed by atoms with van der Waals surface area (Å²) in [5.74, 6) is 0. The fourth-order valence-electron chi connectivity index (χ4n) is 4.08. The van der Waals surface area contributed by atoms with E-state index in [1.165, 1.54) is 12.0 Å². The normalized spacial score (nSPS) is 16.0. The van der Waals surface area contributed by atoms with Gasteiger partial charge in [-0.05, 0) is 38.3 Å². The van der Waals surface area contributed by atoms with Gasteiger partial charge in [-0.25, -0.2) is 14.2 Å². The van der Waals surface area contributed by atoms with Crippen molar-refractivity contribution in [2.24, 2.45) is 0 Å². The average molecular weight is 464 g/mol. The molecule has 0 unspecified atom stereocenters. The topological polar surface area (TPSA) is 51.3 Å². The molecule has 0 aliphatic carbocycles. The number of benzene rings is 2. The molecule has 0 radical (unpaired) electrons. The van der Waals surface area contributed by atoms with Crippen LogP contribution in [-0.2, 0) is 0 Å². The SMILES string of the molecule is Cc1ccc(-c2cn3c(n2)/c(=C2\CCCCCN2)c(=O)n3-c2ccccc2)cc1.[Br-]. The molecule has 0 saturated carbocycles. The van der Waals surface area contributed by atoms with Gasteiger partial charge in [0.15, 0.2) is 5.65 Å². The molecular formula is C24H24BrN4O-. The molecule has 0 amide bonds. The standard InChI is InChI=1S/C24H24N4O.BrH/c1-17-11-13-18(14-12-17)21-16-27-23(26-21)22(20-10-6-3-7-15-25-20)24(29)28(27)19-8-4-2-5-9-19;/h2,4-5,8-9,11-14,16,25H,3,6-7,10,15H2,1H3;1H/p-1/b22-20-;. The average Bonchev–Trinajstić information content (AvgIpc) is 3.12. The van der Waals surface area contributed by atoms with Gasteiger partial charge in [0.2, 0.25) is 0 Å². The molecule has 1 N–H and O–H groups in total. The Bertz CT molecular complexity index is 1260. The Balaban J connectivity index is 0.00000218. The van der Waals surface area contributed by atoms with Crippen molar-refractivity contribution < 1.29 is 17.0 Å². The molecule has 154 valence electrons. The molecule has 1 saturated heterocycles. The van der Waals surface area contributed by atoms with Crippen molar-refractivity contribution in [1.82, 2.24) is 19.5 Å². The zero-order valence-corrected chi connectivity index (χ0v) is 18.5. The highest BCUT2D eigenvalue weighted by atomic mass is 79.9. The first-order valence-electron chi connectivity index (χ1n) is 10.3. The maximum absolute atomic E-state index is 13.5. The van der Waals surface area contributed by atoms with Gasteiger partial charge in [-0.1, -0.05) is 54.4 Å². The first-order valence-corrected chi connectivity index (χ1v) is 10.3. The largest absolute Gasteiger partial charge is 1.00 e. The number of aryl methyl sites for hydroxylation is 1. The third-order valence-corrected chi connectivity index (χ3v) is 5.63. The summed E-state index contributed by atoms with van der Waals surface area (Å²) in [5, 5.41) is 4.21. The number of nitrogens with one attached hydrogen (secondary N) is 1. The van der Waals surface area contributed by atoms with Gasteiger partial charge in [-0.15, -0.1) is 0 Å². The molecule has 0 atom stereocenters. The zero-order chi connectivity index (χ0) is 19.8. The molecule has 1 fully saturated rings. The lowest BCUT2D eigenvalue weighted by Gasteiger charge is -2.04. The number of hydrogen-bond acceptors (Lipinski definition) is 3.